The lowest BCUT2D eigenvalue weighted by Crippen LogP contribution is -2.38. The van der Waals surface area contributed by atoms with Crippen molar-refractivity contribution in [1.82, 2.24) is 9.88 Å². The number of hydrogen-bond donors (Lipinski definition) is 0. The molecule has 0 radical (unpaired) electrons. The highest BCUT2D eigenvalue weighted by atomic mass is 19.2. The number of pyridine rings is 1. The van der Waals surface area contributed by atoms with Gasteiger partial charge in [-0.15, -0.1) is 0 Å². The molecule has 9 heteroatoms. The molecule has 6 nitrogen and oxygen atoms in total. The summed E-state index contributed by atoms with van der Waals surface area (Å²) in [6, 6.07) is 12.6. The topological polar surface area (TPSA) is 54.9 Å². The van der Waals surface area contributed by atoms with Crippen LogP contribution >= 0.6 is 0 Å². The Balaban J connectivity index is 1.50. The molecule has 3 aromatic rings. The number of hydrogen-bond acceptors (Lipinski definition) is 5. The fourth-order valence-corrected chi connectivity index (χ4v) is 4.50. The van der Waals surface area contributed by atoms with Crippen molar-refractivity contribution in [2.24, 2.45) is 0 Å². The van der Waals surface area contributed by atoms with Crippen molar-refractivity contribution in [3.8, 4) is 16.9 Å². The van der Waals surface area contributed by atoms with E-state index in [9.17, 15) is 18.0 Å². The number of methoxy groups -OCH3 is 1. The van der Waals surface area contributed by atoms with Gasteiger partial charge in [-0.2, -0.15) is 0 Å². The van der Waals surface area contributed by atoms with Gasteiger partial charge < -0.3 is 14.4 Å². The molecule has 0 bridgehead atoms. The Morgan fingerprint density at radius 1 is 1.06 bits per heavy atom. The smallest absolute Gasteiger partial charge is 0.411 e. The van der Waals surface area contributed by atoms with Crippen molar-refractivity contribution in [1.29, 1.82) is 0 Å². The zero-order valence-corrected chi connectivity index (χ0v) is 19.3. The Morgan fingerprint density at radius 3 is 2.43 bits per heavy atom. The van der Waals surface area contributed by atoms with Crippen LogP contribution in [-0.2, 0) is 11.3 Å². The third kappa shape index (κ3) is 4.15. The normalized spacial score (nSPS) is 19.5. The van der Waals surface area contributed by atoms with Crippen LogP contribution in [0, 0.1) is 17.5 Å². The van der Waals surface area contributed by atoms with Gasteiger partial charge in [0.25, 0.3) is 0 Å². The zero-order chi connectivity index (χ0) is 24.7. The molecule has 0 unspecified atom stereocenters. The molecular weight excluding hydrogens is 459 g/mol. The van der Waals surface area contributed by atoms with E-state index in [0.717, 1.165) is 48.6 Å². The van der Waals surface area contributed by atoms with Crippen LogP contribution in [0.3, 0.4) is 0 Å². The quantitative estimate of drug-likeness (QED) is 0.436. The van der Waals surface area contributed by atoms with Crippen LogP contribution in [0.1, 0.15) is 30.7 Å². The van der Waals surface area contributed by atoms with Crippen molar-refractivity contribution < 1.29 is 27.4 Å². The Kier molecular flexibility index (Phi) is 6.00. The van der Waals surface area contributed by atoms with Gasteiger partial charge in [0.2, 0.25) is 0 Å². The second kappa shape index (κ2) is 9.13. The molecule has 0 saturated carbocycles. The number of anilines is 1. The minimum atomic E-state index is -1.56. The van der Waals surface area contributed by atoms with Gasteiger partial charge in [-0.1, -0.05) is 18.2 Å². The summed E-state index contributed by atoms with van der Waals surface area (Å²) in [4.78, 5) is 21.3. The molecule has 0 aliphatic carbocycles. The van der Waals surface area contributed by atoms with Crippen molar-refractivity contribution >= 4 is 11.9 Å². The first-order chi connectivity index (χ1) is 16.9. The summed E-state index contributed by atoms with van der Waals surface area (Å²) in [5.74, 6) is -2.74. The fourth-order valence-electron chi connectivity index (χ4n) is 4.50. The van der Waals surface area contributed by atoms with Crippen molar-refractivity contribution in [3.63, 3.8) is 0 Å². The fraction of sp³-hybridized carbons (Fsp3) is 0.308. The summed E-state index contributed by atoms with van der Waals surface area (Å²) >= 11 is 0. The SMILES string of the molecule is COc1ccccc1-c1ccc(N2CCC2)nc1CN1C(=O)O[C@H](c2cc(F)c(F)c(F)c2)[C@@H]1C. The van der Waals surface area contributed by atoms with E-state index in [1.807, 2.05) is 36.4 Å². The molecule has 182 valence electrons. The Bertz CT molecular complexity index is 1260. The van der Waals surface area contributed by atoms with Crippen LogP contribution in [0.2, 0.25) is 0 Å². The minimum Gasteiger partial charge on any atom is -0.496 e. The van der Waals surface area contributed by atoms with E-state index >= 15 is 0 Å². The van der Waals surface area contributed by atoms with Gasteiger partial charge in [0.1, 0.15) is 17.7 Å². The summed E-state index contributed by atoms with van der Waals surface area (Å²) in [6.45, 7) is 3.65. The van der Waals surface area contributed by atoms with Crippen LogP contribution in [-0.4, -0.2) is 42.2 Å². The van der Waals surface area contributed by atoms with Gasteiger partial charge in [0.05, 0.1) is 25.4 Å². The predicted octanol–water partition coefficient (Wildman–Crippen LogP) is 5.47. The maximum atomic E-state index is 13.8. The van der Waals surface area contributed by atoms with Crippen molar-refractivity contribution in [2.45, 2.75) is 32.0 Å². The van der Waals surface area contributed by atoms with Crippen molar-refractivity contribution in [3.05, 3.63) is 77.2 Å². The molecule has 1 aromatic heterocycles. The van der Waals surface area contributed by atoms with Crippen LogP contribution in [0.25, 0.3) is 11.1 Å². The molecule has 2 saturated heterocycles. The summed E-state index contributed by atoms with van der Waals surface area (Å²) in [5, 5.41) is 0. The second-order valence-electron chi connectivity index (χ2n) is 8.68. The molecule has 2 atom stereocenters. The standard InChI is InChI=1S/C26H24F3N3O3/c1-15-25(16-12-19(27)24(29)20(28)13-16)35-26(33)32(15)14-21-17(18-6-3-4-7-22(18)34-2)8-9-23(30-21)31-10-5-11-31/h3-4,6-9,12-13,15,25H,5,10-11,14H2,1-2H3/t15-,25-/m0/s1. The number of para-hydroxylation sites is 1. The van der Waals surface area contributed by atoms with E-state index in [1.54, 1.807) is 14.0 Å². The Morgan fingerprint density at radius 2 is 1.77 bits per heavy atom. The van der Waals surface area contributed by atoms with Gasteiger partial charge in [-0.3, -0.25) is 4.90 Å². The van der Waals surface area contributed by atoms with Gasteiger partial charge in [0.15, 0.2) is 17.5 Å². The van der Waals surface area contributed by atoms with E-state index in [-0.39, 0.29) is 12.1 Å². The summed E-state index contributed by atoms with van der Waals surface area (Å²) in [5.41, 5.74) is 2.32. The van der Waals surface area contributed by atoms with E-state index in [4.69, 9.17) is 14.5 Å². The zero-order valence-electron chi connectivity index (χ0n) is 19.3. The third-order valence-electron chi connectivity index (χ3n) is 6.58. The maximum absolute atomic E-state index is 13.8. The van der Waals surface area contributed by atoms with E-state index in [0.29, 0.717) is 11.4 Å². The number of cyclic esters (lactones) is 1. The summed E-state index contributed by atoms with van der Waals surface area (Å²) in [7, 11) is 1.59. The maximum Gasteiger partial charge on any atom is 0.411 e. The van der Waals surface area contributed by atoms with Gasteiger partial charge in [0, 0.05) is 29.8 Å². The average Bonchev–Trinajstić information content (AvgIpc) is 3.10. The number of amides is 1. The van der Waals surface area contributed by atoms with Crippen LogP contribution in [0.5, 0.6) is 5.75 Å². The monoisotopic (exact) mass is 483 g/mol. The first-order valence-corrected chi connectivity index (χ1v) is 11.4. The minimum absolute atomic E-state index is 0.0528. The number of benzene rings is 2. The lowest BCUT2D eigenvalue weighted by atomic mass is 10.0. The van der Waals surface area contributed by atoms with E-state index in [2.05, 4.69) is 4.90 Å². The molecule has 2 aliphatic heterocycles. The first kappa shape index (κ1) is 23.0. The number of nitrogens with zero attached hydrogens (tertiary/aromatic N) is 3. The second-order valence-corrected chi connectivity index (χ2v) is 8.68. The largest absolute Gasteiger partial charge is 0.496 e. The van der Waals surface area contributed by atoms with Crippen molar-refractivity contribution in [2.75, 3.05) is 25.1 Å². The number of carbonyl (C=O) groups excluding carboxylic acids is 1. The van der Waals surface area contributed by atoms with Gasteiger partial charge in [-0.25, -0.2) is 22.9 Å². The van der Waals surface area contributed by atoms with Gasteiger partial charge >= 0.3 is 6.09 Å². The number of carbonyl (C=O) groups is 1. The molecular formula is C26H24F3N3O3. The Labute approximate surface area is 200 Å². The molecule has 2 aliphatic rings. The molecule has 2 fully saturated rings. The highest BCUT2D eigenvalue weighted by Gasteiger charge is 2.41. The highest BCUT2D eigenvalue weighted by Crippen LogP contribution is 2.38. The molecule has 2 aromatic carbocycles. The third-order valence-corrected chi connectivity index (χ3v) is 6.58. The summed E-state index contributed by atoms with van der Waals surface area (Å²) in [6.07, 6.45) is -0.511. The number of halogens is 3. The molecule has 0 spiro atoms. The van der Waals surface area contributed by atoms with E-state index in [1.165, 1.54) is 4.90 Å². The highest BCUT2D eigenvalue weighted by molar-refractivity contribution is 5.75. The lowest BCUT2D eigenvalue weighted by molar-refractivity contribution is 0.129. The average molecular weight is 483 g/mol. The van der Waals surface area contributed by atoms with Crippen LogP contribution in [0.15, 0.2) is 48.5 Å². The van der Waals surface area contributed by atoms with Crippen LogP contribution in [0.4, 0.5) is 23.8 Å². The summed E-state index contributed by atoms with van der Waals surface area (Å²) < 4.78 is 52.1. The number of rotatable bonds is 6. The predicted molar refractivity (Wildman–Crippen MR) is 124 cm³/mol. The van der Waals surface area contributed by atoms with Gasteiger partial charge in [-0.05, 0) is 43.7 Å². The molecule has 0 N–H and O–H groups in total. The Hall–Kier alpha value is -3.75. The number of ether oxygens (including phenoxy) is 2. The number of aromatic nitrogens is 1. The first-order valence-electron chi connectivity index (χ1n) is 11.4. The van der Waals surface area contributed by atoms with E-state index < -0.39 is 35.7 Å². The molecule has 1 amide bonds. The molecule has 3 heterocycles. The molecule has 35 heavy (non-hydrogen) atoms. The lowest BCUT2D eigenvalue weighted by Gasteiger charge is -2.33. The van der Waals surface area contributed by atoms with Crippen LogP contribution < -0.4 is 9.64 Å². The molecule has 5 rings (SSSR count).